The average molecular weight is 254 g/mol. The molecule has 0 bridgehead atoms. The number of hydrogen-bond donors (Lipinski definition) is 3. The largest absolute Gasteiger partial charge is 0.350 e. The summed E-state index contributed by atoms with van der Waals surface area (Å²) in [4.78, 5) is 4.68. The first-order valence-electron chi connectivity index (χ1n) is 7.04. The van der Waals surface area contributed by atoms with Gasteiger partial charge in [-0.15, -0.1) is 0 Å². The molecule has 0 aliphatic heterocycles. The highest BCUT2D eigenvalue weighted by molar-refractivity contribution is 5.80. The highest BCUT2D eigenvalue weighted by Crippen LogP contribution is 2.27. The van der Waals surface area contributed by atoms with Crippen LogP contribution in [0.2, 0.25) is 0 Å². The standard InChI is InChI=1S/C14H30N4/c1-13(2,3)10-14(4,5)17-12(18-15)16-11-8-6-7-9-11/h11H,6-10,15H2,1-5H3,(H2,16,17,18). The highest BCUT2D eigenvalue weighted by atomic mass is 15.3. The molecule has 0 aromatic heterocycles. The van der Waals surface area contributed by atoms with Crippen LogP contribution in [-0.4, -0.2) is 17.5 Å². The van der Waals surface area contributed by atoms with Crippen molar-refractivity contribution in [2.75, 3.05) is 0 Å². The summed E-state index contributed by atoms with van der Waals surface area (Å²) in [6.45, 7) is 11.1. The van der Waals surface area contributed by atoms with Crippen LogP contribution in [0.5, 0.6) is 0 Å². The maximum absolute atomic E-state index is 5.58. The van der Waals surface area contributed by atoms with Crippen LogP contribution in [0.4, 0.5) is 0 Å². The topological polar surface area (TPSA) is 62.4 Å². The lowest BCUT2D eigenvalue weighted by Gasteiger charge is -2.34. The molecule has 0 aromatic carbocycles. The summed E-state index contributed by atoms with van der Waals surface area (Å²) < 4.78 is 0. The number of rotatable bonds is 3. The Morgan fingerprint density at radius 1 is 1.17 bits per heavy atom. The molecule has 106 valence electrons. The van der Waals surface area contributed by atoms with E-state index in [0.29, 0.717) is 6.04 Å². The van der Waals surface area contributed by atoms with Gasteiger partial charge in [0.1, 0.15) is 0 Å². The molecule has 1 aliphatic rings. The van der Waals surface area contributed by atoms with E-state index >= 15 is 0 Å². The molecular weight excluding hydrogens is 224 g/mol. The third-order valence-corrected chi connectivity index (χ3v) is 3.20. The first-order chi connectivity index (χ1) is 8.22. The summed E-state index contributed by atoms with van der Waals surface area (Å²) in [6.07, 6.45) is 6.01. The Morgan fingerprint density at radius 3 is 2.17 bits per heavy atom. The smallest absolute Gasteiger partial charge is 0.206 e. The molecule has 1 aliphatic carbocycles. The number of hydrazine groups is 1. The van der Waals surface area contributed by atoms with Crippen molar-refractivity contribution in [3.05, 3.63) is 0 Å². The van der Waals surface area contributed by atoms with Gasteiger partial charge in [0.25, 0.3) is 0 Å². The van der Waals surface area contributed by atoms with E-state index in [1.54, 1.807) is 0 Å². The molecule has 0 saturated heterocycles. The third-order valence-electron chi connectivity index (χ3n) is 3.20. The van der Waals surface area contributed by atoms with Gasteiger partial charge >= 0.3 is 0 Å². The Labute approximate surface area is 112 Å². The molecule has 4 nitrogen and oxygen atoms in total. The molecule has 0 unspecified atom stereocenters. The molecule has 4 heteroatoms. The average Bonchev–Trinajstić information content (AvgIpc) is 2.64. The minimum Gasteiger partial charge on any atom is -0.350 e. The monoisotopic (exact) mass is 254 g/mol. The van der Waals surface area contributed by atoms with Crippen molar-refractivity contribution in [3.63, 3.8) is 0 Å². The van der Waals surface area contributed by atoms with Crippen molar-refractivity contribution in [3.8, 4) is 0 Å². The van der Waals surface area contributed by atoms with E-state index in [9.17, 15) is 0 Å². The zero-order chi connectivity index (χ0) is 13.8. The zero-order valence-electron chi connectivity index (χ0n) is 12.6. The molecule has 0 spiro atoms. The number of nitrogens with zero attached hydrogens (tertiary/aromatic N) is 1. The van der Waals surface area contributed by atoms with Gasteiger partial charge in [0, 0.05) is 5.54 Å². The minimum atomic E-state index is -0.0118. The van der Waals surface area contributed by atoms with Crippen molar-refractivity contribution in [1.82, 2.24) is 10.7 Å². The fourth-order valence-corrected chi connectivity index (χ4v) is 3.01. The summed E-state index contributed by atoms with van der Waals surface area (Å²) in [5.74, 6) is 6.31. The van der Waals surface area contributed by atoms with Gasteiger partial charge in [-0.2, -0.15) is 0 Å². The Kier molecular flexibility index (Phi) is 5.02. The van der Waals surface area contributed by atoms with E-state index < -0.39 is 0 Å². The molecule has 0 atom stereocenters. The highest BCUT2D eigenvalue weighted by Gasteiger charge is 2.26. The summed E-state index contributed by atoms with van der Waals surface area (Å²) in [7, 11) is 0. The van der Waals surface area contributed by atoms with Crippen LogP contribution >= 0.6 is 0 Å². The lowest BCUT2D eigenvalue weighted by molar-refractivity contribution is 0.265. The molecule has 1 saturated carbocycles. The Balaban J connectivity index is 2.60. The SMILES string of the molecule is CC(C)(C)CC(C)(C)NC(=NC1CCCC1)NN. The number of aliphatic imine (C=N–C) groups is 1. The normalized spacial score (nSPS) is 19.1. The Morgan fingerprint density at radius 2 is 1.72 bits per heavy atom. The molecule has 0 heterocycles. The van der Waals surface area contributed by atoms with Crippen molar-refractivity contribution in [2.45, 2.75) is 78.3 Å². The van der Waals surface area contributed by atoms with E-state index in [4.69, 9.17) is 5.84 Å². The number of nitrogens with two attached hydrogens (primary N) is 1. The molecule has 0 amide bonds. The van der Waals surface area contributed by atoms with Crippen LogP contribution in [0.1, 0.15) is 66.7 Å². The Hall–Kier alpha value is -0.770. The lowest BCUT2D eigenvalue weighted by Crippen LogP contribution is -2.53. The second-order valence-electron chi connectivity index (χ2n) is 7.31. The zero-order valence-corrected chi connectivity index (χ0v) is 12.6. The van der Waals surface area contributed by atoms with Crippen LogP contribution in [0, 0.1) is 5.41 Å². The second-order valence-corrected chi connectivity index (χ2v) is 7.31. The first-order valence-corrected chi connectivity index (χ1v) is 7.04. The van der Waals surface area contributed by atoms with Crippen LogP contribution < -0.4 is 16.6 Å². The molecule has 18 heavy (non-hydrogen) atoms. The van der Waals surface area contributed by atoms with E-state index in [1.165, 1.54) is 25.7 Å². The molecule has 1 rings (SSSR count). The lowest BCUT2D eigenvalue weighted by atomic mass is 9.82. The van der Waals surface area contributed by atoms with E-state index in [1.807, 2.05) is 0 Å². The minimum absolute atomic E-state index is 0.0118. The van der Waals surface area contributed by atoms with Crippen LogP contribution in [0.15, 0.2) is 4.99 Å². The van der Waals surface area contributed by atoms with Crippen LogP contribution in [0.25, 0.3) is 0 Å². The van der Waals surface area contributed by atoms with Gasteiger partial charge in [-0.1, -0.05) is 33.6 Å². The van der Waals surface area contributed by atoms with Gasteiger partial charge in [0.05, 0.1) is 6.04 Å². The maximum Gasteiger partial charge on any atom is 0.206 e. The fourth-order valence-electron chi connectivity index (χ4n) is 3.01. The fraction of sp³-hybridized carbons (Fsp3) is 0.929. The predicted octanol–water partition coefficient (Wildman–Crippen LogP) is 2.55. The summed E-state index contributed by atoms with van der Waals surface area (Å²) >= 11 is 0. The van der Waals surface area contributed by atoms with Crippen molar-refractivity contribution >= 4 is 5.96 Å². The second kappa shape index (κ2) is 5.91. The van der Waals surface area contributed by atoms with Gasteiger partial charge in [0.2, 0.25) is 5.96 Å². The first kappa shape index (κ1) is 15.3. The number of hydrogen-bond acceptors (Lipinski definition) is 2. The summed E-state index contributed by atoms with van der Waals surface area (Å²) in [5, 5.41) is 3.44. The van der Waals surface area contributed by atoms with E-state index in [2.05, 4.69) is 50.4 Å². The predicted molar refractivity (Wildman–Crippen MR) is 78.3 cm³/mol. The number of guanidine groups is 1. The third kappa shape index (κ3) is 5.71. The Bertz CT molecular complexity index is 283. The van der Waals surface area contributed by atoms with Crippen molar-refractivity contribution < 1.29 is 0 Å². The van der Waals surface area contributed by atoms with E-state index in [0.717, 1.165) is 12.4 Å². The molecule has 4 N–H and O–H groups in total. The van der Waals surface area contributed by atoms with Crippen LogP contribution in [-0.2, 0) is 0 Å². The van der Waals surface area contributed by atoms with Gasteiger partial charge in [-0.05, 0) is 38.5 Å². The van der Waals surface area contributed by atoms with Gasteiger partial charge in [-0.25, -0.2) is 10.8 Å². The van der Waals surface area contributed by atoms with Crippen LogP contribution in [0.3, 0.4) is 0 Å². The molecule has 1 fully saturated rings. The molecule has 0 radical (unpaired) electrons. The van der Waals surface area contributed by atoms with Gasteiger partial charge in [-0.3, -0.25) is 5.43 Å². The quantitative estimate of drug-likeness (QED) is 0.314. The van der Waals surface area contributed by atoms with Gasteiger partial charge < -0.3 is 5.32 Å². The summed E-state index contributed by atoms with van der Waals surface area (Å²) in [6, 6.07) is 0.439. The molecule has 0 aromatic rings. The summed E-state index contributed by atoms with van der Waals surface area (Å²) in [5.41, 5.74) is 2.98. The maximum atomic E-state index is 5.58. The van der Waals surface area contributed by atoms with Crippen molar-refractivity contribution in [1.29, 1.82) is 0 Å². The van der Waals surface area contributed by atoms with Crippen molar-refractivity contribution in [2.24, 2.45) is 16.3 Å². The number of nitrogens with one attached hydrogen (secondary N) is 2. The van der Waals surface area contributed by atoms with Gasteiger partial charge in [0.15, 0.2) is 0 Å². The van der Waals surface area contributed by atoms with E-state index in [-0.39, 0.29) is 11.0 Å². The molecular formula is C14H30N4.